The predicted molar refractivity (Wildman–Crippen MR) is 228 cm³/mol. The molecule has 1 heterocycles. The molecule has 0 aliphatic carbocycles. The van der Waals surface area contributed by atoms with Gasteiger partial charge in [-0.15, -0.1) is 0 Å². The van der Waals surface area contributed by atoms with Crippen LogP contribution in [0.5, 0.6) is 0 Å². The van der Waals surface area contributed by atoms with Gasteiger partial charge in [0.2, 0.25) is 0 Å². The maximum atomic E-state index is 6.20. The first-order valence-corrected chi connectivity index (χ1v) is 18.4. The highest BCUT2D eigenvalue weighted by Crippen LogP contribution is 2.40. The fourth-order valence-electron chi connectivity index (χ4n) is 7.60. The molecule has 0 unspecified atom stereocenters. The van der Waals surface area contributed by atoms with Crippen molar-refractivity contribution in [2.24, 2.45) is 0 Å². The van der Waals surface area contributed by atoms with Gasteiger partial charge in [-0.05, 0) is 122 Å². The molecule has 9 aromatic carbocycles. The van der Waals surface area contributed by atoms with E-state index in [2.05, 4.69) is 199 Å². The van der Waals surface area contributed by atoms with E-state index in [4.69, 9.17) is 4.42 Å². The minimum absolute atomic E-state index is 0.880. The Kier molecular flexibility index (Phi) is 7.85. The highest BCUT2D eigenvalue weighted by molar-refractivity contribution is 5.93. The summed E-state index contributed by atoms with van der Waals surface area (Å²) in [5.41, 5.74) is 12.4. The molecule has 2 nitrogen and oxygen atoms in total. The van der Waals surface area contributed by atoms with Crippen molar-refractivity contribution in [3.05, 3.63) is 212 Å². The summed E-state index contributed by atoms with van der Waals surface area (Å²) in [6.45, 7) is 0. The van der Waals surface area contributed by atoms with Crippen molar-refractivity contribution in [1.82, 2.24) is 0 Å². The second-order valence-corrected chi connectivity index (χ2v) is 13.8. The molecule has 1 aromatic heterocycles. The number of para-hydroxylation sites is 1. The first kappa shape index (κ1) is 31.6. The van der Waals surface area contributed by atoms with Crippen LogP contribution in [0.1, 0.15) is 0 Å². The summed E-state index contributed by atoms with van der Waals surface area (Å²) in [5.74, 6) is 0.880. The summed E-state index contributed by atoms with van der Waals surface area (Å²) in [5, 5.41) is 5.98. The molecule has 0 bridgehead atoms. The van der Waals surface area contributed by atoms with Gasteiger partial charge in [0.1, 0.15) is 11.3 Å². The van der Waals surface area contributed by atoms with E-state index in [1.54, 1.807) is 0 Å². The Balaban J connectivity index is 1.02. The Hall–Kier alpha value is -7.16. The Morgan fingerprint density at radius 1 is 0.259 bits per heavy atom. The summed E-state index contributed by atoms with van der Waals surface area (Å²) in [6.07, 6.45) is 0. The molecule has 0 aliphatic rings. The van der Waals surface area contributed by atoms with Crippen molar-refractivity contribution < 1.29 is 4.42 Å². The maximum absolute atomic E-state index is 6.20. The predicted octanol–water partition coefficient (Wildman–Crippen LogP) is 14.9. The number of anilines is 3. The summed E-state index contributed by atoms with van der Waals surface area (Å²) < 4.78 is 6.20. The van der Waals surface area contributed by atoms with Crippen LogP contribution in [0.15, 0.2) is 217 Å². The number of benzene rings is 9. The number of fused-ring (bicyclic) bond motifs is 3. The van der Waals surface area contributed by atoms with Gasteiger partial charge in [-0.1, -0.05) is 146 Å². The second kappa shape index (κ2) is 13.4. The average Bonchev–Trinajstić information content (AvgIpc) is 3.69. The minimum Gasteiger partial charge on any atom is -0.456 e. The van der Waals surface area contributed by atoms with Gasteiger partial charge in [0.25, 0.3) is 0 Å². The summed E-state index contributed by atoms with van der Waals surface area (Å²) >= 11 is 0. The van der Waals surface area contributed by atoms with Crippen LogP contribution >= 0.6 is 0 Å². The second-order valence-electron chi connectivity index (χ2n) is 13.8. The van der Waals surface area contributed by atoms with Crippen LogP contribution in [0.4, 0.5) is 17.1 Å². The summed E-state index contributed by atoms with van der Waals surface area (Å²) in [4.78, 5) is 2.36. The van der Waals surface area contributed by atoms with Gasteiger partial charge in [-0.25, -0.2) is 0 Å². The third-order valence-electron chi connectivity index (χ3n) is 10.4. The molecule has 2 heteroatoms. The molecule has 0 N–H and O–H groups in total. The molecule has 0 spiro atoms. The molecular weight excluding hydrogens is 655 g/mol. The third kappa shape index (κ3) is 6.00. The zero-order valence-corrected chi connectivity index (χ0v) is 29.6. The lowest BCUT2D eigenvalue weighted by atomic mass is 9.98. The molecule has 0 aliphatic heterocycles. The Labute approximate surface area is 314 Å². The van der Waals surface area contributed by atoms with Crippen molar-refractivity contribution in [3.63, 3.8) is 0 Å². The van der Waals surface area contributed by atoms with E-state index in [1.165, 1.54) is 49.4 Å². The quantitative estimate of drug-likeness (QED) is 0.166. The van der Waals surface area contributed by atoms with Crippen LogP contribution in [0.2, 0.25) is 0 Å². The average molecular weight is 690 g/mol. The van der Waals surface area contributed by atoms with Gasteiger partial charge in [-0.3, -0.25) is 0 Å². The van der Waals surface area contributed by atoms with Gasteiger partial charge in [0, 0.05) is 28.0 Å². The molecular formula is C52H35NO. The van der Waals surface area contributed by atoms with E-state index < -0.39 is 0 Å². The van der Waals surface area contributed by atoms with Gasteiger partial charge >= 0.3 is 0 Å². The molecule has 0 fully saturated rings. The van der Waals surface area contributed by atoms with Crippen LogP contribution < -0.4 is 4.90 Å². The Morgan fingerprint density at radius 3 is 1.57 bits per heavy atom. The molecule has 0 radical (unpaired) electrons. The lowest BCUT2D eigenvalue weighted by Crippen LogP contribution is -2.10. The monoisotopic (exact) mass is 689 g/mol. The Bertz CT molecular complexity index is 2910. The normalized spacial score (nSPS) is 11.3. The molecule has 0 atom stereocenters. The van der Waals surface area contributed by atoms with E-state index in [0.29, 0.717) is 0 Å². The van der Waals surface area contributed by atoms with Crippen molar-refractivity contribution >= 4 is 49.6 Å². The van der Waals surface area contributed by atoms with Gasteiger partial charge in [0.05, 0.1) is 0 Å². The van der Waals surface area contributed by atoms with E-state index in [0.717, 1.165) is 44.9 Å². The van der Waals surface area contributed by atoms with Crippen molar-refractivity contribution in [1.29, 1.82) is 0 Å². The van der Waals surface area contributed by atoms with Crippen LogP contribution in [-0.2, 0) is 0 Å². The smallest absolute Gasteiger partial charge is 0.135 e. The van der Waals surface area contributed by atoms with Crippen molar-refractivity contribution in [3.8, 4) is 44.7 Å². The summed E-state index contributed by atoms with van der Waals surface area (Å²) in [7, 11) is 0. The Morgan fingerprint density at radius 2 is 0.759 bits per heavy atom. The van der Waals surface area contributed by atoms with Crippen LogP contribution in [0.25, 0.3) is 77.2 Å². The largest absolute Gasteiger partial charge is 0.456 e. The van der Waals surface area contributed by atoms with Crippen LogP contribution in [0.3, 0.4) is 0 Å². The zero-order chi connectivity index (χ0) is 35.8. The molecule has 254 valence electrons. The molecule has 10 aromatic rings. The first-order chi connectivity index (χ1) is 26.7. The molecule has 0 saturated carbocycles. The SMILES string of the molecule is c1ccc(-c2cccc(N(c3ccc(-c4ccc5ccccc5c4)cc3)c3ccc4cc(-c5cccc(-c6cc7ccccc7o6)c5)ccc4c3)c2)cc1. The third-order valence-corrected chi connectivity index (χ3v) is 10.4. The van der Waals surface area contributed by atoms with Crippen molar-refractivity contribution in [2.45, 2.75) is 0 Å². The molecule has 0 amide bonds. The first-order valence-electron chi connectivity index (χ1n) is 18.4. The highest BCUT2D eigenvalue weighted by Gasteiger charge is 2.15. The number of furan rings is 1. The minimum atomic E-state index is 0.880. The van der Waals surface area contributed by atoms with Gasteiger partial charge < -0.3 is 9.32 Å². The fourth-order valence-corrected chi connectivity index (χ4v) is 7.60. The van der Waals surface area contributed by atoms with Crippen molar-refractivity contribution in [2.75, 3.05) is 4.90 Å². The lowest BCUT2D eigenvalue weighted by molar-refractivity contribution is 0.631. The zero-order valence-electron chi connectivity index (χ0n) is 29.6. The van der Waals surface area contributed by atoms with E-state index in [-0.39, 0.29) is 0 Å². The number of hydrogen-bond acceptors (Lipinski definition) is 2. The molecule has 0 saturated heterocycles. The lowest BCUT2D eigenvalue weighted by Gasteiger charge is -2.26. The van der Waals surface area contributed by atoms with Crippen LogP contribution in [-0.4, -0.2) is 0 Å². The maximum Gasteiger partial charge on any atom is 0.135 e. The van der Waals surface area contributed by atoms with E-state index in [1.807, 2.05) is 18.2 Å². The standard InChI is InChI=1S/C52H35NO/c1-2-10-36(11-3-1)41-16-9-18-49(33-41)53(48-27-24-38(25-28-48)42-21-20-37-12-4-5-13-39(37)30-42)50-29-26-44-31-43(22-23-45(44)34-50)40-15-8-17-46(32-40)52-35-47-14-6-7-19-51(47)54-52/h1-35H. The number of nitrogens with zero attached hydrogens (tertiary/aromatic N) is 1. The number of rotatable bonds is 7. The van der Waals surface area contributed by atoms with Gasteiger partial charge in [-0.2, -0.15) is 0 Å². The number of hydrogen-bond donors (Lipinski definition) is 0. The fraction of sp³-hybridized carbons (Fsp3) is 0. The highest BCUT2D eigenvalue weighted by atomic mass is 16.3. The molecule has 54 heavy (non-hydrogen) atoms. The van der Waals surface area contributed by atoms with E-state index in [9.17, 15) is 0 Å². The molecule has 10 rings (SSSR count). The van der Waals surface area contributed by atoms with Gasteiger partial charge in [0.15, 0.2) is 0 Å². The topological polar surface area (TPSA) is 16.4 Å². The van der Waals surface area contributed by atoms with E-state index >= 15 is 0 Å². The van der Waals surface area contributed by atoms with Crippen LogP contribution in [0, 0.1) is 0 Å². The summed E-state index contributed by atoms with van der Waals surface area (Å²) in [6, 6.07) is 76.0.